The summed E-state index contributed by atoms with van der Waals surface area (Å²) < 4.78 is 13.5. The summed E-state index contributed by atoms with van der Waals surface area (Å²) in [4.78, 5) is 10.3. The molecular formula is C14H26FN5. The standard InChI is InChI=1S/C14H26FN5/c1-5-16-14-18-10-12(15)13(19-14)17-8-6-7-9-20(4)11(2)3/h10-11H,5-9H2,1-4H3,(H2,16,17,18,19). The molecule has 0 aromatic carbocycles. The molecule has 0 saturated heterocycles. The molecule has 1 rings (SSSR count). The minimum Gasteiger partial charge on any atom is -0.367 e. The van der Waals surface area contributed by atoms with Crippen LogP contribution in [-0.2, 0) is 0 Å². The molecular weight excluding hydrogens is 257 g/mol. The number of aromatic nitrogens is 2. The lowest BCUT2D eigenvalue weighted by Gasteiger charge is -2.20. The van der Waals surface area contributed by atoms with Crippen LogP contribution in [0.1, 0.15) is 33.6 Å². The molecule has 0 amide bonds. The summed E-state index contributed by atoms with van der Waals surface area (Å²) >= 11 is 0. The Kier molecular flexibility index (Phi) is 7.22. The fourth-order valence-corrected chi connectivity index (χ4v) is 1.69. The van der Waals surface area contributed by atoms with Crippen LogP contribution in [0.25, 0.3) is 0 Å². The van der Waals surface area contributed by atoms with Gasteiger partial charge in [-0.3, -0.25) is 0 Å². The van der Waals surface area contributed by atoms with Gasteiger partial charge >= 0.3 is 0 Å². The molecule has 1 aromatic rings. The van der Waals surface area contributed by atoms with E-state index in [1.165, 1.54) is 6.20 Å². The summed E-state index contributed by atoms with van der Waals surface area (Å²) in [6.07, 6.45) is 3.26. The SMILES string of the molecule is CCNc1ncc(F)c(NCCCCN(C)C(C)C)n1. The molecule has 2 N–H and O–H groups in total. The van der Waals surface area contributed by atoms with E-state index in [4.69, 9.17) is 0 Å². The third-order valence-corrected chi connectivity index (χ3v) is 3.19. The van der Waals surface area contributed by atoms with E-state index in [0.29, 0.717) is 25.1 Å². The number of unbranched alkanes of at least 4 members (excludes halogenated alkanes) is 1. The van der Waals surface area contributed by atoms with E-state index in [1.54, 1.807) is 0 Å². The van der Waals surface area contributed by atoms with Gasteiger partial charge in [-0.1, -0.05) is 0 Å². The molecule has 0 spiro atoms. The predicted octanol–water partition coefficient (Wildman–Crippen LogP) is 2.58. The maximum atomic E-state index is 13.5. The summed E-state index contributed by atoms with van der Waals surface area (Å²) in [7, 11) is 2.12. The lowest BCUT2D eigenvalue weighted by atomic mass is 10.2. The van der Waals surface area contributed by atoms with Gasteiger partial charge in [-0.15, -0.1) is 0 Å². The third-order valence-electron chi connectivity index (χ3n) is 3.19. The molecule has 0 fully saturated rings. The Hall–Kier alpha value is -1.43. The van der Waals surface area contributed by atoms with Gasteiger partial charge in [-0.25, -0.2) is 9.37 Å². The first kappa shape index (κ1) is 16.6. The van der Waals surface area contributed by atoms with Gasteiger partial charge in [0, 0.05) is 19.1 Å². The monoisotopic (exact) mass is 283 g/mol. The largest absolute Gasteiger partial charge is 0.367 e. The summed E-state index contributed by atoms with van der Waals surface area (Å²) in [5.41, 5.74) is 0. The zero-order valence-corrected chi connectivity index (χ0v) is 12.9. The number of nitrogens with one attached hydrogen (secondary N) is 2. The summed E-state index contributed by atoms with van der Waals surface area (Å²) in [5.74, 6) is 0.315. The third kappa shape index (κ3) is 5.69. The number of hydrogen-bond acceptors (Lipinski definition) is 5. The van der Waals surface area contributed by atoms with Crippen LogP contribution in [0.15, 0.2) is 6.20 Å². The second-order valence-electron chi connectivity index (χ2n) is 5.13. The van der Waals surface area contributed by atoms with Gasteiger partial charge in [0.2, 0.25) is 5.95 Å². The first-order valence-corrected chi connectivity index (χ1v) is 7.25. The van der Waals surface area contributed by atoms with E-state index in [-0.39, 0.29) is 5.82 Å². The minimum absolute atomic E-state index is 0.271. The fourth-order valence-electron chi connectivity index (χ4n) is 1.69. The van der Waals surface area contributed by atoms with Gasteiger partial charge in [0.25, 0.3) is 0 Å². The van der Waals surface area contributed by atoms with Crippen molar-refractivity contribution in [2.45, 2.75) is 39.7 Å². The van der Waals surface area contributed by atoms with E-state index in [0.717, 1.165) is 19.4 Å². The van der Waals surface area contributed by atoms with Crippen LogP contribution in [0.5, 0.6) is 0 Å². The molecule has 0 saturated carbocycles. The van der Waals surface area contributed by atoms with Crippen LogP contribution in [0.4, 0.5) is 16.2 Å². The zero-order valence-electron chi connectivity index (χ0n) is 12.9. The van der Waals surface area contributed by atoms with Gasteiger partial charge in [0.05, 0.1) is 6.20 Å². The van der Waals surface area contributed by atoms with Gasteiger partial charge < -0.3 is 15.5 Å². The van der Waals surface area contributed by atoms with Crippen LogP contribution < -0.4 is 10.6 Å². The Balaban J connectivity index is 2.32. The average molecular weight is 283 g/mol. The van der Waals surface area contributed by atoms with Crippen molar-refractivity contribution in [2.24, 2.45) is 0 Å². The lowest BCUT2D eigenvalue weighted by Crippen LogP contribution is -2.27. The zero-order chi connectivity index (χ0) is 15.0. The highest BCUT2D eigenvalue weighted by atomic mass is 19.1. The van der Waals surface area contributed by atoms with Crippen molar-refractivity contribution in [1.82, 2.24) is 14.9 Å². The second kappa shape index (κ2) is 8.68. The molecule has 0 aliphatic carbocycles. The van der Waals surface area contributed by atoms with Crippen LogP contribution >= 0.6 is 0 Å². The first-order valence-electron chi connectivity index (χ1n) is 7.25. The Morgan fingerprint density at radius 1 is 1.30 bits per heavy atom. The molecule has 5 nitrogen and oxygen atoms in total. The molecule has 114 valence electrons. The molecule has 0 atom stereocenters. The van der Waals surface area contributed by atoms with Gasteiger partial charge in [-0.05, 0) is 47.2 Å². The first-order chi connectivity index (χ1) is 9.54. The molecule has 0 radical (unpaired) electrons. The van der Waals surface area contributed by atoms with E-state index in [9.17, 15) is 4.39 Å². The van der Waals surface area contributed by atoms with Crippen molar-refractivity contribution in [2.75, 3.05) is 37.3 Å². The highest BCUT2D eigenvalue weighted by Crippen LogP contribution is 2.11. The number of rotatable bonds is 9. The average Bonchev–Trinajstić information content (AvgIpc) is 2.41. The van der Waals surface area contributed by atoms with E-state index in [1.807, 2.05) is 6.92 Å². The van der Waals surface area contributed by atoms with Crippen molar-refractivity contribution in [3.8, 4) is 0 Å². The number of anilines is 2. The Morgan fingerprint density at radius 2 is 2.05 bits per heavy atom. The molecule has 0 aliphatic heterocycles. The summed E-state index contributed by atoms with van der Waals surface area (Å²) in [5, 5.41) is 6.00. The second-order valence-corrected chi connectivity index (χ2v) is 5.13. The van der Waals surface area contributed by atoms with Crippen molar-refractivity contribution in [3.05, 3.63) is 12.0 Å². The molecule has 0 aliphatic rings. The molecule has 0 unspecified atom stereocenters. The van der Waals surface area contributed by atoms with Gasteiger partial charge in [0.15, 0.2) is 11.6 Å². The number of halogens is 1. The van der Waals surface area contributed by atoms with Crippen molar-refractivity contribution < 1.29 is 4.39 Å². The summed E-state index contributed by atoms with van der Waals surface area (Å²) in [6.45, 7) is 8.78. The van der Waals surface area contributed by atoms with Crippen LogP contribution in [0.3, 0.4) is 0 Å². The normalized spacial score (nSPS) is 11.2. The van der Waals surface area contributed by atoms with Crippen molar-refractivity contribution in [1.29, 1.82) is 0 Å². The quantitative estimate of drug-likeness (QED) is 0.682. The predicted molar refractivity (Wildman–Crippen MR) is 81.6 cm³/mol. The van der Waals surface area contributed by atoms with Crippen LogP contribution in [-0.4, -0.2) is 47.6 Å². The molecule has 6 heteroatoms. The summed E-state index contributed by atoms with van der Waals surface area (Å²) in [6, 6.07) is 0.560. The molecule has 1 heterocycles. The Bertz CT molecular complexity index is 397. The van der Waals surface area contributed by atoms with Crippen LogP contribution in [0, 0.1) is 5.82 Å². The topological polar surface area (TPSA) is 53.1 Å². The van der Waals surface area contributed by atoms with Crippen LogP contribution in [0.2, 0.25) is 0 Å². The fraction of sp³-hybridized carbons (Fsp3) is 0.714. The highest BCUT2D eigenvalue weighted by molar-refractivity contribution is 5.40. The maximum absolute atomic E-state index is 13.5. The van der Waals surface area contributed by atoms with E-state index in [2.05, 4.69) is 46.4 Å². The Labute approximate surface area is 121 Å². The minimum atomic E-state index is -0.411. The lowest BCUT2D eigenvalue weighted by molar-refractivity contribution is 0.269. The van der Waals surface area contributed by atoms with E-state index < -0.39 is 5.82 Å². The Morgan fingerprint density at radius 3 is 2.70 bits per heavy atom. The number of nitrogens with zero attached hydrogens (tertiary/aromatic N) is 3. The highest BCUT2D eigenvalue weighted by Gasteiger charge is 2.06. The molecule has 1 aromatic heterocycles. The van der Waals surface area contributed by atoms with Gasteiger partial charge in [0.1, 0.15) is 0 Å². The van der Waals surface area contributed by atoms with E-state index >= 15 is 0 Å². The van der Waals surface area contributed by atoms with Crippen molar-refractivity contribution >= 4 is 11.8 Å². The molecule has 20 heavy (non-hydrogen) atoms. The van der Waals surface area contributed by atoms with Gasteiger partial charge in [-0.2, -0.15) is 4.98 Å². The maximum Gasteiger partial charge on any atom is 0.224 e. The van der Waals surface area contributed by atoms with Crippen molar-refractivity contribution in [3.63, 3.8) is 0 Å². The smallest absolute Gasteiger partial charge is 0.224 e. The number of hydrogen-bond donors (Lipinski definition) is 2. The molecule has 0 bridgehead atoms.